The molecular formula is C37H42N7O3P. The highest BCUT2D eigenvalue weighted by molar-refractivity contribution is 7.63. The van der Waals surface area contributed by atoms with Gasteiger partial charge < -0.3 is 25.3 Å². The summed E-state index contributed by atoms with van der Waals surface area (Å²) in [6.45, 7) is 9.09. The average Bonchev–Trinajstić information content (AvgIpc) is 3.41. The minimum absolute atomic E-state index is 0.381. The summed E-state index contributed by atoms with van der Waals surface area (Å²) in [7, 11) is -2.03. The lowest BCUT2D eigenvalue weighted by Crippen LogP contribution is -2.52. The van der Waals surface area contributed by atoms with Crippen LogP contribution in [0.15, 0.2) is 79.0 Å². The van der Waals surface area contributed by atoms with Gasteiger partial charge in [-0.15, -0.1) is 0 Å². The number of carbonyl (C=O) groups is 1. The summed E-state index contributed by atoms with van der Waals surface area (Å²) in [6, 6.07) is 24.4. The van der Waals surface area contributed by atoms with Crippen LogP contribution < -0.4 is 16.0 Å². The molecule has 1 aliphatic carbocycles. The minimum atomic E-state index is -2.03. The van der Waals surface area contributed by atoms with Gasteiger partial charge in [-0.3, -0.25) is 4.57 Å². The fourth-order valence-electron chi connectivity index (χ4n) is 6.60. The number of hydrogen-bond donors (Lipinski definition) is 2. The van der Waals surface area contributed by atoms with Crippen LogP contribution >= 0.6 is 7.14 Å². The zero-order chi connectivity index (χ0) is 33.7. The summed E-state index contributed by atoms with van der Waals surface area (Å²) in [4.78, 5) is 29.6. The van der Waals surface area contributed by atoms with Gasteiger partial charge in [0.1, 0.15) is 16.9 Å². The zero-order valence-electron chi connectivity index (χ0n) is 27.9. The number of benzene rings is 2. The molecule has 10 nitrogen and oxygen atoms in total. The van der Waals surface area contributed by atoms with Crippen LogP contribution in [0.1, 0.15) is 45.6 Å². The number of imidazole rings is 1. The van der Waals surface area contributed by atoms with Gasteiger partial charge >= 0.3 is 6.09 Å². The lowest BCUT2D eigenvalue weighted by molar-refractivity contribution is 0.0377. The molecule has 5 aromatic rings. The Hall–Kier alpha value is -4.69. The van der Waals surface area contributed by atoms with Crippen LogP contribution in [0, 0.1) is 0 Å². The summed E-state index contributed by atoms with van der Waals surface area (Å²) in [6.07, 6.45) is 5.44. The molecule has 2 aromatic carbocycles. The number of pyridine rings is 2. The lowest BCUT2D eigenvalue weighted by Gasteiger charge is -2.43. The Kier molecular flexibility index (Phi) is 8.03. The van der Waals surface area contributed by atoms with Gasteiger partial charge in [0.15, 0.2) is 11.5 Å². The standard InChI is InChI=1S/C37H42N7O3P/c1-36(2,3)47-35(45)42-37(17-7-18-37)26-11-13-27(14-12-26)44-33(29-10-6-19-39-32(29)38)41-31-16-15-30(40-34(31)44)25-8-5-9-28(24-25)43-20-22-48(4,46)23-21-43/h5-6,8-16,19,24H,7,17-18,20-23H2,1-4H3,(H2,38,39)(H,42,45). The second-order valence-electron chi connectivity index (χ2n) is 14.1. The summed E-state index contributed by atoms with van der Waals surface area (Å²) < 4.78 is 20.2. The molecule has 0 bridgehead atoms. The van der Waals surface area contributed by atoms with E-state index >= 15 is 0 Å². The fraction of sp³-hybridized carbons (Fsp3) is 0.351. The number of alkyl carbamates (subject to hydrolysis) is 1. The SMILES string of the molecule is CC(C)(C)OC(=O)NC1(c2ccc(-n3c(-c4cccnc4N)nc4ccc(-c5cccc(N6CCP(C)(=O)CC6)c5)nc43)cc2)CCC1. The normalized spacial score (nSPS) is 17.1. The lowest BCUT2D eigenvalue weighted by atomic mass is 9.72. The third-order valence-corrected chi connectivity index (χ3v) is 11.7. The maximum atomic E-state index is 12.8. The monoisotopic (exact) mass is 663 g/mol. The van der Waals surface area contributed by atoms with Gasteiger partial charge in [0.2, 0.25) is 0 Å². The second-order valence-corrected chi connectivity index (χ2v) is 17.6. The first-order valence-corrected chi connectivity index (χ1v) is 19.1. The maximum Gasteiger partial charge on any atom is 0.408 e. The molecule has 2 fully saturated rings. The number of carbonyl (C=O) groups excluding carboxylic acids is 1. The number of fused-ring (bicyclic) bond motifs is 1. The second kappa shape index (κ2) is 12.1. The Balaban J connectivity index is 1.28. The third kappa shape index (κ3) is 6.29. The van der Waals surface area contributed by atoms with Gasteiger partial charge in [-0.2, -0.15) is 0 Å². The molecule has 0 unspecified atom stereocenters. The Morgan fingerprint density at radius 2 is 1.71 bits per heavy atom. The largest absolute Gasteiger partial charge is 0.444 e. The number of rotatable bonds is 6. The van der Waals surface area contributed by atoms with Crippen LogP contribution in [0.5, 0.6) is 0 Å². The van der Waals surface area contributed by atoms with E-state index in [2.05, 4.69) is 51.6 Å². The molecule has 1 aliphatic heterocycles. The first-order chi connectivity index (χ1) is 22.9. The zero-order valence-corrected chi connectivity index (χ0v) is 28.8. The summed E-state index contributed by atoms with van der Waals surface area (Å²) >= 11 is 0. The van der Waals surface area contributed by atoms with Crippen molar-refractivity contribution in [3.63, 3.8) is 0 Å². The summed E-state index contributed by atoms with van der Waals surface area (Å²) in [5.74, 6) is 1.02. The number of amides is 1. The number of nitrogens with zero attached hydrogens (tertiary/aromatic N) is 5. The summed E-state index contributed by atoms with van der Waals surface area (Å²) in [5.41, 5.74) is 12.3. The van der Waals surface area contributed by atoms with E-state index < -0.39 is 24.4 Å². The van der Waals surface area contributed by atoms with Gasteiger partial charge in [0.25, 0.3) is 0 Å². The average molecular weight is 664 g/mol. The van der Waals surface area contributed by atoms with Crippen LogP contribution in [0.2, 0.25) is 0 Å². The smallest absolute Gasteiger partial charge is 0.408 e. The van der Waals surface area contributed by atoms with Gasteiger partial charge in [0.05, 0.1) is 23.9 Å². The number of ether oxygens (including phenoxy) is 1. The molecule has 0 radical (unpaired) electrons. The quantitative estimate of drug-likeness (QED) is 0.179. The number of nitrogens with one attached hydrogen (secondary N) is 1. The van der Waals surface area contributed by atoms with Crippen molar-refractivity contribution in [2.45, 2.75) is 51.2 Å². The van der Waals surface area contributed by atoms with Gasteiger partial charge in [-0.1, -0.05) is 24.3 Å². The van der Waals surface area contributed by atoms with Crippen molar-refractivity contribution >= 4 is 35.9 Å². The van der Waals surface area contributed by atoms with E-state index in [0.717, 1.165) is 78.4 Å². The maximum absolute atomic E-state index is 12.8. The molecule has 1 saturated heterocycles. The van der Waals surface area contributed by atoms with E-state index in [0.29, 0.717) is 22.9 Å². The van der Waals surface area contributed by atoms with Crippen molar-refractivity contribution < 1.29 is 14.1 Å². The van der Waals surface area contributed by atoms with Crippen molar-refractivity contribution in [1.29, 1.82) is 0 Å². The van der Waals surface area contributed by atoms with Gasteiger partial charge in [-0.25, -0.2) is 19.7 Å². The number of aromatic nitrogens is 4. The number of nitrogen functional groups attached to an aromatic ring is 1. The summed E-state index contributed by atoms with van der Waals surface area (Å²) in [5, 5.41) is 3.15. The molecule has 0 spiro atoms. The first kappa shape index (κ1) is 31.9. The van der Waals surface area contributed by atoms with E-state index in [1.54, 1.807) is 6.20 Å². The van der Waals surface area contributed by atoms with Crippen molar-refractivity contribution in [2.75, 3.05) is 42.7 Å². The van der Waals surface area contributed by atoms with E-state index in [1.165, 1.54) is 0 Å². The highest BCUT2D eigenvalue weighted by Crippen LogP contribution is 2.44. The molecule has 4 heterocycles. The van der Waals surface area contributed by atoms with Crippen molar-refractivity contribution in [2.24, 2.45) is 0 Å². The molecule has 48 heavy (non-hydrogen) atoms. The molecule has 11 heteroatoms. The molecule has 1 amide bonds. The van der Waals surface area contributed by atoms with Gasteiger partial charge in [-0.05, 0) is 101 Å². The van der Waals surface area contributed by atoms with E-state index in [4.69, 9.17) is 20.4 Å². The van der Waals surface area contributed by atoms with Crippen LogP contribution in [0.4, 0.5) is 16.3 Å². The molecule has 3 N–H and O–H groups in total. The topological polar surface area (TPSA) is 128 Å². The predicted octanol–water partition coefficient (Wildman–Crippen LogP) is 7.45. The fourth-order valence-corrected chi connectivity index (χ4v) is 8.16. The van der Waals surface area contributed by atoms with Crippen molar-refractivity contribution in [3.05, 3.63) is 84.6 Å². The van der Waals surface area contributed by atoms with E-state index in [-0.39, 0.29) is 0 Å². The van der Waals surface area contributed by atoms with Crippen LogP contribution in [-0.4, -0.2) is 63.3 Å². The third-order valence-electron chi connectivity index (χ3n) is 9.40. The van der Waals surface area contributed by atoms with Crippen LogP contribution in [0.3, 0.4) is 0 Å². The number of hydrogen-bond acceptors (Lipinski definition) is 8. The predicted molar refractivity (Wildman–Crippen MR) is 192 cm³/mol. The van der Waals surface area contributed by atoms with E-state index in [9.17, 15) is 9.36 Å². The highest BCUT2D eigenvalue weighted by atomic mass is 31.2. The molecule has 2 aliphatic rings. The first-order valence-electron chi connectivity index (χ1n) is 16.5. The van der Waals surface area contributed by atoms with Crippen molar-refractivity contribution in [3.8, 4) is 28.3 Å². The Morgan fingerprint density at radius 1 is 0.958 bits per heavy atom. The van der Waals surface area contributed by atoms with Crippen LogP contribution in [0.25, 0.3) is 39.5 Å². The Morgan fingerprint density at radius 3 is 2.38 bits per heavy atom. The molecule has 3 aromatic heterocycles. The molecule has 1 saturated carbocycles. The Labute approximate surface area is 281 Å². The highest BCUT2D eigenvalue weighted by Gasteiger charge is 2.41. The van der Waals surface area contributed by atoms with Gasteiger partial charge in [0, 0.05) is 48.5 Å². The van der Waals surface area contributed by atoms with Crippen LogP contribution in [-0.2, 0) is 14.8 Å². The molecule has 0 atom stereocenters. The molecule has 248 valence electrons. The Bertz CT molecular complexity index is 2030. The number of nitrogens with two attached hydrogens (primary N) is 1. The molecular weight excluding hydrogens is 621 g/mol. The number of anilines is 2. The van der Waals surface area contributed by atoms with E-state index in [1.807, 2.05) is 68.4 Å². The molecule has 7 rings (SSSR count). The minimum Gasteiger partial charge on any atom is -0.444 e. The van der Waals surface area contributed by atoms with Crippen molar-refractivity contribution in [1.82, 2.24) is 24.8 Å².